The quantitative estimate of drug-likeness (QED) is 0.525. The number of pyridine rings is 1. The first-order valence-electron chi connectivity index (χ1n) is 4.72. The Balaban J connectivity index is 2.00. The standard InChI is InChI=1S/C10H8ClN3O2S/c11-9-4-8(1-2-12-9)13-5-7-3-10(14(15)16)17-6-7/h1-4,6H,5H2,(H,12,13). The largest absolute Gasteiger partial charge is 0.381 e. The molecule has 17 heavy (non-hydrogen) atoms. The summed E-state index contributed by atoms with van der Waals surface area (Å²) in [5.74, 6) is 0. The van der Waals surface area contributed by atoms with Crippen LogP contribution in [0.15, 0.2) is 29.8 Å². The lowest BCUT2D eigenvalue weighted by atomic mass is 10.3. The Labute approximate surface area is 106 Å². The molecule has 0 aliphatic carbocycles. The van der Waals surface area contributed by atoms with Gasteiger partial charge in [0.15, 0.2) is 0 Å². The molecule has 0 radical (unpaired) electrons. The van der Waals surface area contributed by atoms with Crippen LogP contribution in [-0.2, 0) is 6.54 Å². The highest BCUT2D eigenvalue weighted by Gasteiger charge is 2.09. The maximum atomic E-state index is 10.5. The van der Waals surface area contributed by atoms with Crippen molar-refractivity contribution in [1.82, 2.24) is 4.98 Å². The fourth-order valence-corrected chi connectivity index (χ4v) is 2.17. The van der Waals surface area contributed by atoms with Crippen LogP contribution in [0.4, 0.5) is 10.7 Å². The lowest BCUT2D eigenvalue weighted by Gasteiger charge is -2.03. The van der Waals surface area contributed by atoms with Gasteiger partial charge in [0.1, 0.15) is 5.15 Å². The third kappa shape index (κ3) is 3.15. The number of aromatic nitrogens is 1. The molecule has 5 nitrogen and oxygen atoms in total. The highest BCUT2D eigenvalue weighted by molar-refractivity contribution is 7.13. The van der Waals surface area contributed by atoms with Crippen LogP contribution in [0.25, 0.3) is 0 Å². The molecule has 0 saturated heterocycles. The summed E-state index contributed by atoms with van der Waals surface area (Å²) in [6.07, 6.45) is 1.60. The number of nitrogens with zero attached hydrogens (tertiary/aromatic N) is 2. The van der Waals surface area contributed by atoms with Crippen LogP contribution in [0.5, 0.6) is 0 Å². The summed E-state index contributed by atoms with van der Waals surface area (Å²) in [7, 11) is 0. The van der Waals surface area contributed by atoms with Gasteiger partial charge in [-0.2, -0.15) is 0 Å². The van der Waals surface area contributed by atoms with Crippen molar-refractivity contribution in [2.24, 2.45) is 0 Å². The van der Waals surface area contributed by atoms with Crippen LogP contribution < -0.4 is 5.32 Å². The van der Waals surface area contributed by atoms with E-state index < -0.39 is 4.92 Å². The minimum absolute atomic E-state index is 0.148. The highest BCUT2D eigenvalue weighted by Crippen LogP contribution is 2.23. The van der Waals surface area contributed by atoms with Gasteiger partial charge in [0, 0.05) is 29.9 Å². The molecule has 2 rings (SSSR count). The van der Waals surface area contributed by atoms with Gasteiger partial charge in [-0.15, -0.1) is 0 Å². The van der Waals surface area contributed by atoms with Crippen LogP contribution in [0.1, 0.15) is 5.56 Å². The SMILES string of the molecule is O=[N+]([O-])c1cc(CNc2ccnc(Cl)c2)cs1. The van der Waals surface area contributed by atoms with E-state index in [1.165, 1.54) is 0 Å². The third-order valence-electron chi connectivity index (χ3n) is 2.04. The predicted molar refractivity (Wildman–Crippen MR) is 67.5 cm³/mol. The number of anilines is 1. The van der Waals surface area contributed by atoms with Gasteiger partial charge in [0.05, 0.1) is 4.92 Å². The van der Waals surface area contributed by atoms with Crippen molar-refractivity contribution < 1.29 is 4.92 Å². The first kappa shape index (κ1) is 11.8. The first-order chi connectivity index (χ1) is 8.15. The van der Waals surface area contributed by atoms with Gasteiger partial charge in [-0.25, -0.2) is 4.98 Å². The van der Waals surface area contributed by atoms with E-state index in [0.29, 0.717) is 11.7 Å². The molecule has 0 aliphatic heterocycles. The van der Waals surface area contributed by atoms with Gasteiger partial charge in [0.2, 0.25) is 0 Å². The molecular weight excluding hydrogens is 262 g/mol. The van der Waals surface area contributed by atoms with Gasteiger partial charge in [-0.3, -0.25) is 10.1 Å². The summed E-state index contributed by atoms with van der Waals surface area (Å²) in [5, 5.41) is 15.9. The lowest BCUT2D eigenvalue weighted by molar-refractivity contribution is -0.380. The second-order valence-corrected chi connectivity index (χ2v) is 4.55. The highest BCUT2D eigenvalue weighted by atomic mass is 35.5. The van der Waals surface area contributed by atoms with E-state index in [-0.39, 0.29) is 5.00 Å². The first-order valence-corrected chi connectivity index (χ1v) is 5.98. The molecule has 0 fully saturated rings. The zero-order valence-corrected chi connectivity index (χ0v) is 10.2. The molecular formula is C10H8ClN3O2S. The Morgan fingerprint density at radius 2 is 2.35 bits per heavy atom. The van der Waals surface area contributed by atoms with Gasteiger partial charge >= 0.3 is 5.00 Å². The summed E-state index contributed by atoms with van der Waals surface area (Å²) in [5.41, 5.74) is 1.70. The van der Waals surface area contributed by atoms with E-state index in [1.54, 1.807) is 29.8 Å². The summed E-state index contributed by atoms with van der Waals surface area (Å²) in [4.78, 5) is 14.0. The van der Waals surface area contributed by atoms with Crippen molar-refractivity contribution in [3.05, 3.63) is 50.6 Å². The molecule has 2 aromatic rings. The Kier molecular flexibility index (Phi) is 3.55. The van der Waals surface area contributed by atoms with Gasteiger partial charge in [-0.1, -0.05) is 22.9 Å². The number of halogens is 1. The van der Waals surface area contributed by atoms with Crippen molar-refractivity contribution in [1.29, 1.82) is 0 Å². The maximum absolute atomic E-state index is 10.5. The Morgan fingerprint density at radius 1 is 1.53 bits per heavy atom. The number of hydrogen-bond donors (Lipinski definition) is 1. The van der Waals surface area contributed by atoms with E-state index in [9.17, 15) is 10.1 Å². The van der Waals surface area contributed by atoms with E-state index in [4.69, 9.17) is 11.6 Å². The van der Waals surface area contributed by atoms with Crippen LogP contribution in [0.2, 0.25) is 5.15 Å². The van der Waals surface area contributed by atoms with Gasteiger partial charge in [-0.05, 0) is 17.7 Å². The smallest absolute Gasteiger partial charge is 0.324 e. The molecule has 88 valence electrons. The Bertz CT molecular complexity index is 544. The molecule has 0 aromatic carbocycles. The lowest BCUT2D eigenvalue weighted by Crippen LogP contribution is -1.98. The summed E-state index contributed by atoms with van der Waals surface area (Å²) >= 11 is 6.85. The average molecular weight is 270 g/mol. The fourth-order valence-electron chi connectivity index (χ4n) is 1.27. The molecule has 7 heteroatoms. The minimum atomic E-state index is -0.391. The molecule has 2 aromatic heterocycles. The van der Waals surface area contributed by atoms with Crippen LogP contribution in [0, 0.1) is 10.1 Å². The van der Waals surface area contributed by atoms with E-state index in [0.717, 1.165) is 22.6 Å². The van der Waals surface area contributed by atoms with Crippen molar-refractivity contribution in [3.63, 3.8) is 0 Å². The normalized spacial score (nSPS) is 10.2. The predicted octanol–water partition coefficient (Wildman–Crippen LogP) is 3.32. The summed E-state index contributed by atoms with van der Waals surface area (Å²) in [6, 6.07) is 5.04. The van der Waals surface area contributed by atoms with E-state index >= 15 is 0 Å². The average Bonchev–Trinajstić information content (AvgIpc) is 2.75. The van der Waals surface area contributed by atoms with Crippen LogP contribution in [-0.4, -0.2) is 9.91 Å². The maximum Gasteiger partial charge on any atom is 0.324 e. The monoisotopic (exact) mass is 269 g/mol. The van der Waals surface area contributed by atoms with Crippen molar-refractivity contribution in [3.8, 4) is 0 Å². The number of thiophene rings is 1. The number of hydrogen-bond acceptors (Lipinski definition) is 5. The van der Waals surface area contributed by atoms with Crippen molar-refractivity contribution >= 4 is 33.6 Å². The van der Waals surface area contributed by atoms with Gasteiger partial charge < -0.3 is 5.32 Å². The Morgan fingerprint density at radius 3 is 3.00 bits per heavy atom. The Hall–Kier alpha value is -1.66. The molecule has 1 N–H and O–H groups in total. The summed E-state index contributed by atoms with van der Waals surface area (Å²) < 4.78 is 0. The second kappa shape index (κ2) is 5.11. The zero-order valence-electron chi connectivity index (χ0n) is 8.59. The zero-order chi connectivity index (χ0) is 12.3. The molecule has 0 atom stereocenters. The van der Waals surface area contributed by atoms with Crippen molar-refractivity contribution in [2.45, 2.75) is 6.54 Å². The van der Waals surface area contributed by atoms with Crippen molar-refractivity contribution in [2.75, 3.05) is 5.32 Å². The minimum Gasteiger partial charge on any atom is -0.381 e. The van der Waals surface area contributed by atoms with E-state index in [2.05, 4.69) is 10.3 Å². The van der Waals surface area contributed by atoms with Crippen LogP contribution >= 0.6 is 22.9 Å². The van der Waals surface area contributed by atoms with E-state index in [1.807, 2.05) is 0 Å². The van der Waals surface area contributed by atoms with Crippen LogP contribution in [0.3, 0.4) is 0 Å². The molecule has 0 spiro atoms. The molecule has 0 bridgehead atoms. The molecule has 0 amide bonds. The van der Waals surface area contributed by atoms with Gasteiger partial charge in [0.25, 0.3) is 0 Å². The topological polar surface area (TPSA) is 68.1 Å². The number of nitro groups is 1. The third-order valence-corrected chi connectivity index (χ3v) is 3.18. The second-order valence-electron chi connectivity index (χ2n) is 3.27. The summed E-state index contributed by atoms with van der Waals surface area (Å²) in [6.45, 7) is 0.519. The number of rotatable bonds is 4. The molecule has 0 saturated carbocycles. The molecule has 0 unspecified atom stereocenters. The molecule has 0 aliphatic rings. The molecule has 2 heterocycles. The number of nitrogens with one attached hydrogen (secondary N) is 1. The fraction of sp³-hybridized carbons (Fsp3) is 0.100.